The van der Waals surface area contributed by atoms with Crippen LogP contribution in [0.2, 0.25) is 0 Å². The zero-order valence-corrected chi connectivity index (χ0v) is 11.7. The lowest BCUT2D eigenvalue weighted by atomic mass is 10.4. The lowest BCUT2D eigenvalue weighted by Crippen LogP contribution is -2.53. The smallest absolute Gasteiger partial charge is 0.292 e. The summed E-state index contributed by atoms with van der Waals surface area (Å²) in [7, 11) is 0. The Balaban J connectivity index is 0.000000557. The van der Waals surface area contributed by atoms with Gasteiger partial charge in [-0.3, -0.25) is 14.6 Å². The molecule has 0 aromatic heterocycles. The summed E-state index contributed by atoms with van der Waals surface area (Å²) < 4.78 is 0. The van der Waals surface area contributed by atoms with Gasteiger partial charge in [0.1, 0.15) is 0 Å². The second kappa shape index (κ2) is 9.58. The third-order valence-electron chi connectivity index (χ3n) is 2.09. The van der Waals surface area contributed by atoms with Crippen molar-refractivity contribution < 1.29 is 9.59 Å². The summed E-state index contributed by atoms with van der Waals surface area (Å²) in [6, 6.07) is 0. The highest BCUT2D eigenvalue weighted by Crippen LogP contribution is 2.05. The summed E-state index contributed by atoms with van der Waals surface area (Å²) in [4.78, 5) is 20.2. The minimum atomic E-state index is -0.639. The first-order valence-electron chi connectivity index (χ1n) is 5.43. The number of nitrogens with two attached hydrogens (primary N) is 1. The molecule has 0 radical (unpaired) electrons. The molecule has 1 aliphatic rings. The van der Waals surface area contributed by atoms with Crippen LogP contribution in [0.4, 0.5) is 9.59 Å². The summed E-state index contributed by atoms with van der Waals surface area (Å²) in [5.74, 6) is 0. The molecule has 3 N–H and O–H groups in total. The molecule has 0 aromatic carbocycles. The third kappa shape index (κ3) is 8.31. The second-order valence-electron chi connectivity index (χ2n) is 3.45. The van der Waals surface area contributed by atoms with Crippen molar-refractivity contribution >= 4 is 35.7 Å². The number of piperazine rings is 1. The fourth-order valence-corrected chi connectivity index (χ4v) is 1.69. The van der Waals surface area contributed by atoms with E-state index in [9.17, 15) is 4.79 Å². The number of thiol groups is 2. The Kier molecular flexibility index (Phi) is 9.33. The molecule has 0 atom stereocenters. The molecule has 0 unspecified atom stereocenters. The van der Waals surface area contributed by atoms with Crippen LogP contribution in [-0.4, -0.2) is 53.2 Å². The Morgan fingerprint density at radius 2 is 1.82 bits per heavy atom. The number of hydrazine groups is 1. The molecule has 0 saturated carbocycles. The van der Waals surface area contributed by atoms with Gasteiger partial charge in [0.25, 0.3) is 10.5 Å². The number of hydrogen-bond acceptors (Lipinski definition) is 4. The lowest BCUT2D eigenvalue weighted by Gasteiger charge is -2.36. The van der Waals surface area contributed by atoms with Gasteiger partial charge in [-0.15, -0.1) is 0 Å². The first-order chi connectivity index (χ1) is 7.99. The molecule has 1 saturated heterocycles. The molecule has 17 heavy (non-hydrogen) atoms. The molecule has 0 spiro atoms. The van der Waals surface area contributed by atoms with E-state index in [1.54, 1.807) is 5.01 Å². The minimum absolute atomic E-state index is 0.149. The molecule has 1 fully saturated rings. The van der Waals surface area contributed by atoms with E-state index in [0.29, 0.717) is 0 Å². The molecule has 100 valence electrons. The first kappa shape index (κ1) is 16.6. The van der Waals surface area contributed by atoms with Gasteiger partial charge in [0.15, 0.2) is 0 Å². The lowest BCUT2D eigenvalue weighted by molar-refractivity contribution is 0.0154. The first-order valence-corrected chi connectivity index (χ1v) is 6.33. The summed E-state index contributed by atoms with van der Waals surface area (Å²) in [6.45, 7) is 6.51. The highest BCUT2D eigenvalue weighted by atomic mass is 32.1. The highest BCUT2D eigenvalue weighted by molar-refractivity contribution is 7.96. The Bertz CT molecular complexity index is 243. The maximum Gasteiger partial charge on any atom is 0.292 e. The zero-order chi connectivity index (χ0) is 13.3. The molecule has 8 heteroatoms. The Morgan fingerprint density at radius 3 is 2.18 bits per heavy atom. The minimum Gasteiger partial charge on any atom is -0.361 e. The van der Waals surface area contributed by atoms with Crippen molar-refractivity contribution in [2.45, 2.75) is 13.3 Å². The second-order valence-corrected chi connectivity index (χ2v) is 4.27. The molecular weight excluding hydrogens is 260 g/mol. The number of carbonyl (C=O) groups is 2. The van der Waals surface area contributed by atoms with Crippen LogP contribution in [0.25, 0.3) is 0 Å². The van der Waals surface area contributed by atoms with Crippen LogP contribution in [0.1, 0.15) is 13.3 Å². The highest BCUT2D eigenvalue weighted by Gasteiger charge is 2.19. The fraction of sp³-hybridized carbons (Fsp3) is 0.778. The van der Waals surface area contributed by atoms with Crippen LogP contribution in [-0.2, 0) is 0 Å². The Hall–Kier alpha value is -0.440. The monoisotopic (exact) mass is 280 g/mol. The topological polar surface area (TPSA) is 78.7 Å². The number of rotatable bonds is 3. The molecule has 6 nitrogen and oxygen atoms in total. The van der Waals surface area contributed by atoms with Crippen molar-refractivity contribution in [2.75, 3.05) is 32.7 Å². The standard InChI is InChI=1S/C8H17N3OS.CH3NOS/c1-2-5-11(8(12)13)10-6-3-9-4-7-10;2-1(3)4/h9H,2-7H2,1H3,(H,12,13);(H3,2,3,4). The van der Waals surface area contributed by atoms with Gasteiger partial charge >= 0.3 is 0 Å². The summed E-state index contributed by atoms with van der Waals surface area (Å²) >= 11 is 6.97. The quantitative estimate of drug-likeness (QED) is 0.570. The molecule has 1 heterocycles. The molecule has 0 aromatic rings. The van der Waals surface area contributed by atoms with E-state index in [-0.39, 0.29) is 5.24 Å². The van der Waals surface area contributed by atoms with Crippen molar-refractivity contribution in [3.8, 4) is 0 Å². The predicted molar refractivity (Wildman–Crippen MR) is 74.4 cm³/mol. The van der Waals surface area contributed by atoms with Crippen molar-refractivity contribution in [1.29, 1.82) is 0 Å². The van der Waals surface area contributed by atoms with Gasteiger partial charge in [-0.05, 0) is 6.42 Å². The molecule has 0 bridgehead atoms. The van der Waals surface area contributed by atoms with Gasteiger partial charge in [0.2, 0.25) is 0 Å². The van der Waals surface area contributed by atoms with Crippen LogP contribution in [0.15, 0.2) is 0 Å². The summed E-state index contributed by atoms with van der Waals surface area (Å²) in [5.41, 5.74) is 4.34. The van der Waals surface area contributed by atoms with Gasteiger partial charge < -0.3 is 11.1 Å². The van der Waals surface area contributed by atoms with E-state index in [2.05, 4.69) is 48.2 Å². The SMILES string of the molecule is CCCN(C(=O)S)N1CCNCC1.NC(=O)S. The van der Waals surface area contributed by atoms with Crippen molar-refractivity contribution in [1.82, 2.24) is 15.3 Å². The number of nitrogens with one attached hydrogen (secondary N) is 1. The van der Waals surface area contributed by atoms with Gasteiger partial charge in [0, 0.05) is 32.7 Å². The van der Waals surface area contributed by atoms with Gasteiger partial charge in [-0.2, -0.15) is 0 Å². The van der Waals surface area contributed by atoms with E-state index in [0.717, 1.165) is 39.1 Å². The normalized spacial score (nSPS) is 15.7. The van der Waals surface area contributed by atoms with Gasteiger partial charge in [0.05, 0.1) is 0 Å². The van der Waals surface area contributed by atoms with Crippen LogP contribution < -0.4 is 11.1 Å². The third-order valence-corrected chi connectivity index (χ3v) is 2.32. The number of hydrogen-bond donors (Lipinski definition) is 4. The van der Waals surface area contributed by atoms with Crippen molar-refractivity contribution in [3.05, 3.63) is 0 Å². The Labute approximate surface area is 113 Å². The summed E-state index contributed by atoms with van der Waals surface area (Å²) in [5, 5.41) is 6.25. The molecular formula is C9H20N4O2S2. The fourth-order valence-electron chi connectivity index (χ4n) is 1.46. The van der Waals surface area contributed by atoms with E-state index < -0.39 is 5.24 Å². The Morgan fingerprint density at radius 1 is 1.35 bits per heavy atom. The largest absolute Gasteiger partial charge is 0.361 e. The van der Waals surface area contributed by atoms with Crippen LogP contribution in [0, 0.1) is 0 Å². The van der Waals surface area contributed by atoms with E-state index in [1.807, 2.05) is 0 Å². The number of carbonyl (C=O) groups excluding carboxylic acids is 2. The maximum absolute atomic E-state index is 11.2. The van der Waals surface area contributed by atoms with Crippen molar-refractivity contribution in [2.24, 2.45) is 5.73 Å². The van der Waals surface area contributed by atoms with Crippen LogP contribution in [0.3, 0.4) is 0 Å². The molecule has 1 aliphatic heterocycles. The number of primary amides is 1. The van der Waals surface area contributed by atoms with E-state index in [4.69, 9.17) is 4.79 Å². The average molecular weight is 280 g/mol. The van der Waals surface area contributed by atoms with Crippen LogP contribution in [0.5, 0.6) is 0 Å². The van der Waals surface area contributed by atoms with Gasteiger partial charge in [-0.1, -0.05) is 32.2 Å². The van der Waals surface area contributed by atoms with E-state index >= 15 is 0 Å². The number of nitrogens with zero attached hydrogens (tertiary/aromatic N) is 2. The molecule has 0 aliphatic carbocycles. The van der Waals surface area contributed by atoms with Crippen LogP contribution >= 0.6 is 25.3 Å². The van der Waals surface area contributed by atoms with E-state index in [1.165, 1.54) is 0 Å². The molecule has 1 rings (SSSR count). The molecule has 2 amide bonds. The van der Waals surface area contributed by atoms with Gasteiger partial charge in [-0.25, -0.2) is 5.01 Å². The maximum atomic E-state index is 11.2. The zero-order valence-electron chi connectivity index (χ0n) is 9.93. The predicted octanol–water partition coefficient (Wildman–Crippen LogP) is 0.563. The summed E-state index contributed by atoms with van der Waals surface area (Å²) in [6.07, 6.45) is 0.968. The number of amides is 2. The van der Waals surface area contributed by atoms with Crippen molar-refractivity contribution in [3.63, 3.8) is 0 Å². The average Bonchev–Trinajstić information content (AvgIpc) is 2.26.